The van der Waals surface area contributed by atoms with Gasteiger partial charge in [-0.2, -0.15) is 13.2 Å². The number of alkyl halides is 6. The molecule has 0 unspecified atom stereocenters. The fourth-order valence-corrected chi connectivity index (χ4v) is 1.75. The summed E-state index contributed by atoms with van der Waals surface area (Å²) in [5.74, 6) is -0.518. The second kappa shape index (κ2) is 7.45. The average Bonchev–Trinajstić information content (AvgIpc) is 2.49. The van der Waals surface area contributed by atoms with Crippen molar-refractivity contribution in [2.75, 3.05) is 17.6 Å². The number of nitrogen functional groups attached to an aromatic ring is 1. The maximum Gasteiger partial charge on any atom is 0.573 e. The van der Waals surface area contributed by atoms with E-state index in [2.05, 4.69) is 25.0 Å². The van der Waals surface area contributed by atoms with E-state index in [4.69, 9.17) is 5.73 Å². The van der Waals surface area contributed by atoms with E-state index in [0.717, 1.165) is 24.7 Å². The molecule has 0 saturated carbocycles. The van der Waals surface area contributed by atoms with Gasteiger partial charge in [-0.25, -0.2) is 9.97 Å². The third kappa shape index (κ3) is 6.11. The van der Waals surface area contributed by atoms with Gasteiger partial charge in [-0.05, 0) is 24.3 Å². The molecule has 0 spiro atoms. The highest BCUT2D eigenvalue weighted by atomic mass is 19.4. The van der Waals surface area contributed by atoms with E-state index in [0.29, 0.717) is 5.69 Å². The monoisotopic (exact) mass is 379 g/mol. The first kappa shape index (κ1) is 19.3. The number of anilines is 3. The third-order valence-electron chi connectivity index (χ3n) is 2.76. The molecule has 0 aliphatic heterocycles. The molecule has 1 aromatic heterocycles. The summed E-state index contributed by atoms with van der Waals surface area (Å²) in [7, 11) is 0. The highest BCUT2D eigenvalue weighted by Crippen LogP contribution is 2.26. The highest BCUT2D eigenvalue weighted by Gasteiger charge is 2.31. The lowest BCUT2D eigenvalue weighted by Gasteiger charge is -2.12. The molecule has 3 N–H and O–H groups in total. The van der Waals surface area contributed by atoms with Crippen LogP contribution < -0.4 is 15.8 Å². The van der Waals surface area contributed by atoms with E-state index in [1.54, 1.807) is 0 Å². The van der Waals surface area contributed by atoms with Crippen molar-refractivity contribution in [3.63, 3.8) is 0 Å². The summed E-state index contributed by atoms with van der Waals surface area (Å²) in [6.45, 7) is -1.41. The number of aliphatic imine (C=N–C) groups is 1. The van der Waals surface area contributed by atoms with Gasteiger partial charge in [0.15, 0.2) is 0 Å². The predicted molar refractivity (Wildman–Crippen MR) is 81.4 cm³/mol. The van der Waals surface area contributed by atoms with Crippen LogP contribution in [0.3, 0.4) is 0 Å². The molecule has 0 amide bonds. The molecule has 12 heteroatoms. The van der Waals surface area contributed by atoms with Crippen molar-refractivity contribution < 1.29 is 31.1 Å². The van der Waals surface area contributed by atoms with E-state index in [1.165, 1.54) is 12.1 Å². The van der Waals surface area contributed by atoms with Crippen LogP contribution in [-0.4, -0.2) is 35.3 Å². The zero-order valence-corrected chi connectivity index (χ0v) is 12.8. The predicted octanol–water partition coefficient (Wildman–Crippen LogP) is 3.68. The maximum absolute atomic E-state index is 12.2. The van der Waals surface area contributed by atoms with Crippen LogP contribution in [-0.2, 0) is 0 Å². The topological polar surface area (TPSA) is 85.4 Å². The summed E-state index contributed by atoms with van der Waals surface area (Å²) < 4.78 is 76.6. The van der Waals surface area contributed by atoms with Crippen LogP contribution in [0.4, 0.5) is 43.7 Å². The van der Waals surface area contributed by atoms with Crippen LogP contribution in [0.25, 0.3) is 0 Å². The number of nitrogens with one attached hydrogen (secondary N) is 1. The molecular formula is C14H11F6N5O. The molecule has 0 radical (unpaired) electrons. The molecule has 2 aromatic rings. The lowest BCUT2D eigenvalue weighted by atomic mass is 10.2. The molecule has 0 saturated heterocycles. The van der Waals surface area contributed by atoms with Gasteiger partial charge in [0.1, 0.15) is 30.3 Å². The highest BCUT2D eigenvalue weighted by molar-refractivity contribution is 5.92. The molecule has 2 rings (SSSR count). The second-order valence-corrected chi connectivity index (χ2v) is 4.80. The Morgan fingerprint density at radius 2 is 1.73 bits per heavy atom. The Morgan fingerprint density at radius 1 is 1.08 bits per heavy atom. The molecule has 1 aromatic carbocycles. The van der Waals surface area contributed by atoms with Crippen LogP contribution in [0.5, 0.6) is 5.75 Å². The van der Waals surface area contributed by atoms with Gasteiger partial charge in [0.05, 0.1) is 5.56 Å². The van der Waals surface area contributed by atoms with E-state index in [9.17, 15) is 26.3 Å². The van der Waals surface area contributed by atoms with Crippen molar-refractivity contribution in [2.24, 2.45) is 4.99 Å². The number of ether oxygens (including phenoxy) is 1. The smallest absolute Gasteiger partial charge is 0.406 e. The molecule has 140 valence electrons. The minimum atomic E-state index is -4.82. The lowest BCUT2D eigenvalue weighted by Crippen LogP contribution is -2.17. The SMILES string of the molecule is Nc1ncnc(Nc2ccc(OC(F)(F)F)cc2)c1C=NCC(F)(F)F. The Labute approximate surface area is 142 Å². The fraction of sp³-hybridized carbons (Fsp3) is 0.214. The van der Waals surface area contributed by atoms with Gasteiger partial charge in [0.2, 0.25) is 0 Å². The van der Waals surface area contributed by atoms with Crippen molar-refractivity contribution in [3.8, 4) is 5.75 Å². The van der Waals surface area contributed by atoms with Crippen molar-refractivity contribution in [1.29, 1.82) is 0 Å². The van der Waals surface area contributed by atoms with Crippen molar-refractivity contribution in [3.05, 3.63) is 36.2 Å². The normalized spacial score (nSPS) is 12.4. The largest absolute Gasteiger partial charge is 0.573 e. The molecule has 0 aliphatic carbocycles. The number of benzene rings is 1. The number of hydrogen-bond donors (Lipinski definition) is 2. The molecule has 1 heterocycles. The van der Waals surface area contributed by atoms with Crippen LogP contribution >= 0.6 is 0 Å². The first-order valence-corrected chi connectivity index (χ1v) is 6.83. The molecule has 0 aliphatic rings. The Balaban J connectivity index is 2.18. The zero-order chi connectivity index (χ0) is 19.4. The van der Waals surface area contributed by atoms with Crippen molar-refractivity contribution >= 4 is 23.5 Å². The van der Waals surface area contributed by atoms with Crippen LogP contribution in [0.1, 0.15) is 5.56 Å². The minimum Gasteiger partial charge on any atom is -0.406 e. The Morgan fingerprint density at radius 3 is 2.31 bits per heavy atom. The van der Waals surface area contributed by atoms with Gasteiger partial charge in [-0.3, -0.25) is 4.99 Å². The van der Waals surface area contributed by atoms with Gasteiger partial charge >= 0.3 is 12.5 Å². The standard InChI is InChI=1S/C14H11F6N5O/c15-13(16,17)6-22-5-10-11(21)23-7-24-12(10)25-8-1-3-9(4-2-8)26-14(18,19)20/h1-5,7H,6H2,(H3,21,23,24,25). The molecule has 0 fully saturated rings. The Kier molecular flexibility index (Phi) is 5.53. The minimum absolute atomic E-state index is 0.00682. The van der Waals surface area contributed by atoms with Gasteiger partial charge in [0.25, 0.3) is 0 Å². The number of halogens is 6. The number of aromatic nitrogens is 2. The van der Waals surface area contributed by atoms with Crippen molar-refractivity contribution in [2.45, 2.75) is 12.5 Å². The maximum atomic E-state index is 12.2. The summed E-state index contributed by atoms with van der Waals surface area (Å²) in [6.07, 6.45) is -7.37. The molecule has 0 atom stereocenters. The van der Waals surface area contributed by atoms with Gasteiger partial charge in [-0.1, -0.05) is 0 Å². The van der Waals surface area contributed by atoms with Gasteiger partial charge in [-0.15, -0.1) is 13.2 Å². The van der Waals surface area contributed by atoms with Gasteiger partial charge in [0, 0.05) is 11.9 Å². The van der Waals surface area contributed by atoms with E-state index < -0.39 is 24.8 Å². The van der Waals surface area contributed by atoms with Crippen LogP contribution in [0.2, 0.25) is 0 Å². The summed E-state index contributed by atoms with van der Waals surface area (Å²) in [4.78, 5) is 10.7. The number of rotatable bonds is 5. The lowest BCUT2D eigenvalue weighted by molar-refractivity contribution is -0.274. The summed E-state index contributed by atoms with van der Waals surface area (Å²) in [5, 5.41) is 2.71. The number of nitrogens with zero attached hydrogens (tertiary/aromatic N) is 3. The quantitative estimate of drug-likeness (QED) is 0.612. The first-order valence-electron chi connectivity index (χ1n) is 6.83. The molecular weight excluding hydrogens is 368 g/mol. The average molecular weight is 379 g/mol. The number of nitrogens with two attached hydrogens (primary N) is 1. The first-order chi connectivity index (χ1) is 12.0. The third-order valence-corrected chi connectivity index (χ3v) is 2.76. The zero-order valence-electron chi connectivity index (χ0n) is 12.8. The van der Waals surface area contributed by atoms with Crippen molar-refractivity contribution in [1.82, 2.24) is 9.97 Å². The molecule has 26 heavy (non-hydrogen) atoms. The van der Waals surface area contributed by atoms with Crippen LogP contribution in [0.15, 0.2) is 35.6 Å². The summed E-state index contributed by atoms with van der Waals surface area (Å²) in [5.41, 5.74) is 5.91. The second-order valence-electron chi connectivity index (χ2n) is 4.80. The van der Waals surface area contributed by atoms with E-state index in [1.807, 2.05) is 0 Å². The fourth-order valence-electron chi connectivity index (χ4n) is 1.75. The van der Waals surface area contributed by atoms with Crippen LogP contribution in [0, 0.1) is 0 Å². The Bertz CT molecular complexity index is 773. The van der Waals surface area contributed by atoms with Gasteiger partial charge < -0.3 is 15.8 Å². The molecule has 6 nitrogen and oxygen atoms in total. The summed E-state index contributed by atoms with van der Waals surface area (Å²) >= 11 is 0. The number of hydrogen-bond acceptors (Lipinski definition) is 6. The molecule has 0 bridgehead atoms. The van der Waals surface area contributed by atoms with E-state index >= 15 is 0 Å². The summed E-state index contributed by atoms with van der Waals surface area (Å²) in [6, 6.07) is 4.63. The Hall–Kier alpha value is -3.05. The van der Waals surface area contributed by atoms with E-state index in [-0.39, 0.29) is 17.2 Å².